The highest BCUT2D eigenvalue weighted by atomic mass is 35.5. The highest BCUT2D eigenvalue weighted by Crippen LogP contribution is 2.54. The monoisotopic (exact) mass is 609 g/mol. The molecular formula is C30H35Cl2F2N3O4. The zero-order valence-electron chi connectivity index (χ0n) is 22.6. The second-order valence-corrected chi connectivity index (χ2v) is 12.1. The zero-order chi connectivity index (χ0) is 29.8. The minimum Gasteiger partial charge on any atom is -0.396 e. The number of hydrogen-bond acceptors (Lipinski definition) is 6. The minimum atomic E-state index is -1.80. The van der Waals surface area contributed by atoms with E-state index in [2.05, 4.69) is 16.7 Å². The van der Waals surface area contributed by atoms with Crippen molar-refractivity contribution in [2.75, 3.05) is 19.8 Å². The normalized spacial score (nSPS) is 26.3. The van der Waals surface area contributed by atoms with Gasteiger partial charge in [0.05, 0.1) is 29.8 Å². The average molecular weight is 611 g/mol. The van der Waals surface area contributed by atoms with Crippen LogP contribution < -0.4 is 10.6 Å². The van der Waals surface area contributed by atoms with Crippen molar-refractivity contribution in [3.8, 4) is 6.07 Å². The fraction of sp³-hybridized carbons (Fsp3) is 0.533. The summed E-state index contributed by atoms with van der Waals surface area (Å²) in [5.74, 6) is -3.41. The molecule has 0 radical (unpaired) electrons. The van der Waals surface area contributed by atoms with E-state index in [0.29, 0.717) is 12.8 Å². The van der Waals surface area contributed by atoms with Crippen LogP contribution in [0.1, 0.15) is 62.0 Å². The van der Waals surface area contributed by atoms with Gasteiger partial charge in [0.2, 0.25) is 5.91 Å². The number of nitrogens with one attached hydrogen (secondary N) is 2. The van der Waals surface area contributed by atoms with Crippen molar-refractivity contribution in [1.82, 2.24) is 10.6 Å². The van der Waals surface area contributed by atoms with E-state index in [0.717, 1.165) is 25.3 Å². The van der Waals surface area contributed by atoms with Gasteiger partial charge in [-0.15, -0.1) is 0 Å². The Bertz CT molecular complexity index is 1290. The van der Waals surface area contributed by atoms with Gasteiger partial charge < -0.3 is 26.0 Å². The molecule has 4 rings (SSSR count). The molecule has 7 nitrogen and oxygen atoms in total. The molecule has 0 spiro atoms. The number of amides is 1. The van der Waals surface area contributed by atoms with Gasteiger partial charge in [-0.05, 0) is 54.9 Å². The van der Waals surface area contributed by atoms with Crippen LogP contribution in [-0.4, -0.2) is 59.2 Å². The molecule has 1 saturated carbocycles. The Balaban J connectivity index is 1.90. The van der Waals surface area contributed by atoms with E-state index in [-0.39, 0.29) is 47.2 Å². The molecule has 0 aromatic heterocycles. The van der Waals surface area contributed by atoms with Crippen LogP contribution in [0.3, 0.4) is 0 Å². The van der Waals surface area contributed by atoms with Crippen LogP contribution in [0.4, 0.5) is 8.78 Å². The average Bonchev–Trinajstić information content (AvgIpc) is 3.28. The number of nitrogens with zero attached hydrogens (tertiary/aromatic N) is 1. The van der Waals surface area contributed by atoms with Gasteiger partial charge in [-0.1, -0.05) is 60.7 Å². The number of hydrogen-bond donors (Lipinski definition) is 5. The quantitative estimate of drug-likeness (QED) is 0.273. The maximum atomic E-state index is 15.8. The largest absolute Gasteiger partial charge is 0.396 e. The fourth-order valence-corrected chi connectivity index (χ4v) is 7.01. The van der Waals surface area contributed by atoms with Crippen LogP contribution >= 0.6 is 23.2 Å². The summed E-state index contributed by atoms with van der Waals surface area (Å²) in [6.45, 7) is -0.627. The number of carbonyl (C=O) groups is 1. The Morgan fingerprint density at radius 2 is 1.90 bits per heavy atom. The predicted molar refractivity (Wildman–Crippen MR) is 152 cm³/mol. The molecule has 0 bridgehead atoms. The van der Waals surface area contributed by atoms with E-state index in [9.17, 15) is 20.3 Å². The molecular weight excluding hydrogens is 575 g/mol. The summed E-state index contributed by atoms with van der Waals surface area (Å²) in [7, 11) is 0. The molecule has 2 aromatic carbocycles. The molecule has 1 heterocycles. The molecule has 2 fully saturated rings. The number of aliphatic hydroxyl groups excluding tert-OH is 3. The highest BCUT2D eigenvalue weighted by molar-refractivity contribution is 6.31. The van der Waals surface area contributed by atoms with Crippen molar-refractivity contribution in [2.45, 2.75) is 74.5 Å². The molecule has 222 valence electrons. The van der Waals surface area contributed by atoms with Crippen molar-refractivity contribution in [3.05, 3.63) is 69.2 Å². The molecule has 1 amide bonds. The Kier molecular flexibility index (Phi) is 10.3. The fourth-order valence-electron chi connectivity index (χ4n) is 6.67. The van der Waals surface area contributed by atoms with Gasteiger partial charge >= 0.3 is 0 Å². The first kappa shape index (κ1) is 31.6. The van der Waals surface area contributed by atoms with E-state index < -0.39 is 59.1 Å². The summed E-state index contributed by atoms with van der Waals surface area (Å²) in [6, 6.07) is 8.48. The summed E-state index contributed by atoms with van der Waals surface area (Å²) in [5, 5.41) is 46.3. The smallest absolute Gasteiger partial charge is 0.237 e. The first-order valence-electron chi connectivity index (χ1n) is 13.9. The van der Waals surface area contributed by atoms with Gasteiger partial charge in [-0.3, -0.25) is 4.79 Å². The van der Waals surface area contributed by atoms with Crippen LogP contribution in [0.2, 0.25) is 10.0 Å². The molecule has 5 atom stereocenters. The van der Waals surface area contributed by atoms with Gasteiger partial charge in [-0.2, -0.15) is 5.26 Å². The van der Waals surface area contributed by atoms with Crippen LogP contribution in [-0.2, 0) is 10.2 Å². The summed E-state index contributed by atoms with van der Waals surface area (Å²) in [4.78, 5) is 13.7. The Morgan fingerprint density at radius 3 is 2.54 bits per heavy atom. The number of nitriles is 1. The third-order valence-corrected chi connectivity index (χ3v) is 9.32. The third kappa shape index (κ3) is 6.24. The molecule has 2 aliphatic rings. The topological polar surface area (TPSA) is 126 Å². The van der Waals surface area contributed by atoms with E-state index >= 15 is 8.78 Å². The lowest BCUT2D eigenvalue weighted by molar-refractivity contribution is -0.123. The summed E-state index contributed by atoms with van der Waals surface area (Å²) in [6.07, 6.45) is 3.42. The number of rotatable bonds is 10. The first-order valence-corrected chi connectivity index (χ1v) is 14.6. The van der Waals surface area contributed by atoms with Gasteiger partial charge in [-0.25, -0.2) is 8.78 Å². The van der Waals surface area contributed by atoms with E-state index in [1.165, 1.54) is 30.3 Å². The minimum absolute atomic E-state index is 0.00356. The standard InChI is InChI=1S/C30H35Cl2F2N3O4/c31-18-7-8-21(23(33)13-18)30(16-35)24(14-29(17-39)10-2-1-3-11-29)37-27(28(41)36-12-9-19(40)15-38)25(30)20-5-4-6-22(32)26(20)34/h4-8,13,19,24-25,27,37-40H,1-3,9-12,14-15,17H2,(H,36,41)/t19-,24?,25?,27?,30?/m0/s1. The van der Waals surface area contributed by atoms with E-state index in [4.69, 9.17) is 28.3 Å². The number of halogens is 4. The molecule has 1 aliphatic carbocycles. The molecule has 11 heteroatoms. The van der Waals surface area contributed by atoms with E-state index in [1.54, 1.807) is 0 Å². The van der Waals surface area contributed by atoms with Crippen molar-refractivity contribution < 1.29 is 28.9 Å². The van der Waals surface area contributed by atoms with Crippen molar-refractivity contribution in [1.29, 1.82) is 5.26 Å². The molecule has 4 unspecified atom stereocenters. The molecule has 5 N–H and O–H groups in total. The van der Waals surface area contributed by atoms with E-state index in [1.807, 2.05) is 0 Å². The van der Waals surface area contributed by atoms with Crippen LogP contribution in [0.5, 0.6) is 0 Å². The van der Waals surface area contributed by atoms with Crippen LogP contribution in [0.25, 0.3) is 0 Å². The number of benzene rings is 2. The van der Waals surface area contributed by atoms with Crippen molar-refractivity contribution in [3.63, 3.8) is 0 Å². The molecule has 2 aromatic rings. The summed E-state index contributed by atoms with van der Waals surface area (Å²) < 4.78 is 31.6. The van der Waals surface area contributed by atoms with Gasteiger partial charge in [0.25, 0.3) is 0 Å². The van der Waals surface area contributed by atoms with Crippen molar-refractivity contribution >= 4 is 29.1 Å². The molecule has 1 aliphatic heterocycles. The molecule has 1 saturated heterocycles. The summed E-state index contributed by atoms with van der Waals surface area (Å²) in [5.41, 5.74) is -2.44. The predicted octanol–water partition coefficient (Wildman–Crippen LogP) is 4.35. The van der Waals surface area contributed by atoms with Crippen LogP contribution in [0, 0.1) is 28.4 Å². The Morgan fingerprint density at radius 1 is 1.17 bits per heavy atom. The van der Waals surface area contributed by atoms with Crippen LogP contribution in [0.15, 0.2) is 36.4 Å². The lowest BCUT2D eigenvalue weighted by atomic mass is 9.60. The SMILES string of the molecule is N#CC1(c2ccc(Cl)cc2F)C(CC2(CO)CCCCC2)NC(C(=O)NCC[C@H](O)CO)C1c1cccc(Cl)c1F. The Labute approximate surface area is 248 Å². The zero-order valence-corrected chi connectivity index (χ0v) is 24.1. The maximum Gasteiger partial charge on any atom is 0.237 e. The second kappa shape index (κ2) is 13.3. The van der Waals surface area contributed by atoms with Gasteiger partial charge in [0.15, 0.2) is 0 Å². The van der Waals surface area contributed by atoms with Crippen molar-refractivity contribution in [2.24, 2.45) is 5.41 Å². The number of aliphatic hydroxyl groups is 3. The highest BCUT2D eigenvalue weighted by Gasteiger charge is 2.61. The van der Waals surface area contributed by atoms with Gasteiger partial charge in [0, 0.05) is 35.7 Å². The number of carbonyl (C=O) groups excluding carboxylic acids is 1. The Hall–Kier alpha value is -2.32. The lowest BCUT2D eigenvalue weighted by Gasteiger charge is -2.42. The lowest BCUT2D eigenvalue weighted by Crippen LogP contribution is -2.48. The maximum absolute atomic E-state index is 15.8. The third-order valence-electron chi connectivity index (χ3n) is 8.79. The van der Waals surface area contributed by atoms with Gasteiger partial charge in [0.1, 0.15) is 17.0 Å². The molecule has 41 heavy (non-hydrogen) atoms. The summed E-state index contributed by atoms with van der Waals surface area (Å²) >= 11 is 12.2. The first-order chi connectivity index (χ1) is 19.6. The second-order valence-electron chi connectivity index (χ2n) is 11.3.